The van der Waals surface area contributed by atoms with Gasteiger partial charge in [0.15, 0.2) is 5.75 Å². The Morgan fingerprint density at radius 3 is 2.39 bits per heavy atom. The van der Waals surface area contributed by atoms with Crippen LogP contribution in [0.2, 0.25) is 15.1 Å². The molecular weight excluding hydrogens is 371 g/mol. The number of carboxylic acids is 1. The van der Waals surface area contributed by atoms with Gasteiger partial charge in [0.1, 0.15) is 5.69 Å². The Balaban J connectivity index is 2.57. The molecule has 2 aromatic rings. The van der Waals surface area contributed by atoms with Gasteiger partial charge < -0.3 is 15.5 Å². The number of hydrogen-bond donors (Lipinski definition) is 3. The van der Waals surface area contributed by atoms with E-state index in [0.29, 0.717) is 0 Å². The molecule has 0 radical (unpaired) electrons. The summed E-state index contributed by atoms with van der Waals surface area (Å²) in [6.45, 7) is 0. The topological polar surface area (TPSA) is 113 Å². The number of carboxylic acid groups (broad SMARTS) is 1. The van der Waals surface area contributed by atoms with E-state index in [4.69, 9.17) is 34.8 Å². The van der Waals surface area contributed by atoms with Gasteiger partial charge >= 0.3 is 5.97 Å². The van der Waals surface area contributed by atoms with Crippen molar-refractivity contribution >= 4 is 57.8 Å². The molecule has 2 rings (SSSR count). The molecule has 3 N–H and O–H groups in total. The molecule has 0 saturated heterocycles. The molecule has 10 heteroatoms. The Bertz CT molecular complexity index is 799. The number of phenolic OH excluding ortho intramolecular Hbond substituents is 1. The van der Waals surface area contributed by atoms with Gasteiger partial charge in [0.05, 0.1) is 31.2 Å². The summed E-state index contributed by atoms with van der Waals surface area (Å²) in [5.74, 6) is -1.84. The number of nitrogens with zero attached hydrogens (tertiary/aromatic N) is 1. The highest BCUT2D eigenvalue weighted by Crippen LogP contribution is 2.44. The van der Waals surface area contributed by atoms with Gasteiger partial charge in [-0.15, -0.1) is 0 Å². The lowest BCUT2D eigenvalue weighted by Gasteiger charge is -2.14. The standard InChI is InChI=1S/C13H7Cl3N2O5/c14-7-4-8(15)12(19)11(10(7)16)17-9-2-1-5(18(22)23)3-6(9)13(20)21/h1-4,17,19H,(H,20,21). The van der Waals surface area contributed by atoms with Crippen molar-refractivity contribution in [2.24, 2.45) is 0 Å². The number of aromatic hydroxyl groups is 1. The fourth-order valence-corrected chi connectivity index (χ4v) is 2.42. The van der Waals surface area contributed by atoms with Crippen LogP contribution in [0.25, 0.3) is 0 Å². The number of rotatable bonds is 4. The van der Waals surface area contributed by atoms with Gasteiger partial charge in [-0.3, -0.25) is 10.1 Å². The van der Waals surface area contributed by atoms with Gasteiger partial charge in [-0.05, 0) is 12.1 Å². The molecule has 0 aliphatic heterocycles. The van der Waals surface area contributed by atoms with Crippen LogP contribution < -0.4 is 5.32 Å². The first kappa shape index (κ1) is 17.1. The summed E-state index contributed by atoms with van der Waals surface area (Å²) < 4.78 is 0. The molecule has 0 heterocycles. The number of hydrogen-bond acceptors (Lipinski definition) is 5. The maximum absolute atomic E-state index is 11.3. The van der Waals surface area contributed by atoms with Crippen molar-refractivity contribution in [2.75, 3.05) is 5.32 Å². The molecule has 23 heavy (non-hydrogen) atoms. The molecule has 0 spiro atoms. The lowest BCUT2D eigenvalue weighted by atomic mass is 10.1. The molecule has 0 unspecified atom stereocenters. The van der Waals surface area contributed by atoms with E-state index < -0.39 is 22.3 Å². The largest absolute Gasteiger partial charge is 0.504 e. The zero-order valence-electron chi connectivity index (χ0n) is 11.0. The third kappa shape index (κ3) is 3.42. The summed E-state index contributed by atoms with van der Waals surface area (Å²) in [7, 11) is 0. The molecule has 0 aromatic heterocycles. The van der Waals surface area contributed by atoms with E-state index in [1.807, 2.05) is 0 Å². The fourth-order valence-electron chi connectivity index (χ4n) is 1.77. The van der Waals surface area contributed by atoms with Gasteiger partial charge in [0, 0.05) is 12.1 Å². The number of nitrogens with one attached hydrogen (secondary N) is 1. The minimum atomic E-state index is -1.40. The zero-order valence-corrected chi connectivity index (χ0v) is 13.3. The molecule has 0 amide bonds. The van der Waals surface area contributed by atoms with Crippen LogP contribution in [0.5, 0.6) is 5.75 Å². The second kappa shape index (κ2) is 6.49. The fraction of sp³-hybridized carbons (Fsp3) is 0. The van der Waals surface area contributed by atoms with Crippen LogP contribution in [0, 0.1) is 10.1 Å². The molecule has 0 bridgehead atoms. The van der Waals surface area contributed by atoms with Crippen molar-refractivity contribution in [1.82, 2.24) is 0 Å². The van der Waals surface area contributed by atoms with E-state index in [2.05, 4.69) is 5.32 Å². The minimum absolute atomic E-state index is 0.0290. The molecule has 7 nitrogen and oxygen atoms in total. The summed E-state index contributed by atoms with van der Waals surface area (Å²) in [5, 5.41) is 32.3. The maximum atomic E-state index is 11.3. The number of carbonyl (C=O) groups is 1. The quantitative estimate of drug-likeness (QED) is 0.308. The maximum Gasteiger partial charge on any atom is 0.338 e. The van der Waals surface area contributed by atoms with Gasteiger partial charge in [0.2, 0.25) is 0 Å². The van der Waals surface area contributed by atoms with Gasteiger partial charge in [-0.2, -0.15) is 0 Å². The molecule has 2 aromatic carbocycles. The van der Waals surface area contributed by atoms with Gasteiger partial charge in [0.25, 0.3) is 5.69 Å². The number of nitro groups is 1. The van der Waals surface area contributed by atoms with E-state index in [0.717, 1.165) is 12.1 Å². The molecular formula is C13H7Cl3N2O5. The second-order valence-corrected chi connectivity index (χ2v) is 5.49. The first-order chi connectivity index (χ1) is 10.7. The zero-order chi connectivity index (χ0) is 17.3. The van der Waals surface area contributed by atoms with Crippen LogP contribution in [-0.4, -0.2) is 21.1 Å². The predicted octanol–water partition coefficient (Wildman–Crippen LogP) is 4.70. The average molecular weight is 378 g/mol. The number of anilines is 2. The van der Waals surface area contributed by atoms with E-state index >= 15 is 0 Å². The number of non-ortho nitro benzene ring substituents is 1. The molecule has 0 aliphatic carbocycles. The van der Waals surface area contributed by atoms with Crippen LogP contribution >= 0.6 is 34.8 Å². The third-order valence-electron chi connectivity index (χ3n) is 2.85. The van der Waals surface area contributed by atoms with E-state index in [1.165, 1.54) is 12.1 Å². The summed E-state index contributed by atoms with van der Waals surface area (Å²) in [4.78, 5) is 21.3. The van der Waals surface area contributed by atoms with Crippen molar-refractivity contribution in [2.45, 2.75) is 0 Å². The number of halogens is 3. The second-order valence-electron chi connectivity index (χ2n) is 4.29. The van der Waals surface area contributed by atoms with Crippen LogP contribution in [0.4, 0.5) is 17.1 Å². The monoisotopic (exact) mass is 376 g/mol. The normalized spacial score (nSPS) is 10.4. The third-order valence-corrected chi connectivity index (χ3v) is 3.93. The summed E-state index contributed by atoms with van der Waals surface area (Å²) in [5.41, 5.74) is -0.919. The van der Waals surface area contributed by atoms with E-state index in [9.17, 15) is 25.1 Å². The Hall–Kier alpha value is -2.22. The Labute approximate surface area is 144 Å². The van der Waals surface area contributed by atoms with Crippen LogP contribution in [-0.2, 0) is 0 Å². The van der Waals surface area contributed by atoms with Crippen molar-refractivity contribution in [3.05, 3.63) is 55.0 Å². The Morgan fingerprint density at radius 1 is 1.17 bits per heavy atom. The Morgan fingerprint density at radius 2 is 1.83 bits per heavy atom. The van der Waals surface area contributed by atoms with Crippen molar-refractivity contribution in [3.8, 4) is 5.75 Å². The Kier molecular flexibility index (Phi) is 4.84. The summed E-state index contributed by atoms with van der Waals surface area (Å²) >= 11 is 17.6. The lowest BCUT2D eigenvalue weighted by molar-refractivity contribution is -0.384. The highest BCUT2D eigenvalue weighted by atomic mass is 35.5. The number of phenols is 1. The lowest BCUT2D eigenvalue weighted by Crippen LogP contribution is -2.04. The molecule has 0 atom stereocenters. The SMILES string of the molecule is O=C(O)c1cc([N+](=O)[O-])ccc1Nc1c(O)c(Cl)cc(Cl)c1Cl. The summed E-state index contributed by atoms with van der Waals surface area (Å²) in [6, 6.07) is 4.37. The smallest absolute Gasteiger partial charge is 0.338 e. The summed E-state index contributed by atoms with van der Waals surface area (Å²) in [6.07, 6.45) is 0. The van der Waals surface area contributed by atoms with Crippen LogP contribution in [0.15, 0.2) is 24.3 Å². The molecule has 120 valence electrons. The minimum Gasteiger partial charge on any atom is -0.504 e. The first-order valence-electron chi connectivity index (χ1n) is 5.87. The van der Waals surface area contributed by atoms with Crippen LogP contribution in [0.3, 0.4) is 0 Å². The predicted molar refractivity (Wildman–Crippen MR) is 86.5 cm³/mol. The van der Waals surface area contributed by atoms with Crippen molar-refractivity contribution in [1.29, 1.82) is 0 Å². The van der Waals surface area contributed by atoms with Gasteiger partial charge in [-0.25, -0.2) is 4.79 Å². The van der Waals surface area contributed by atoms with E-state index in [1.54, 1.807) is 0 Å². The average Bonchev–Trinajstić information content (AvgIpc) is 2.49. The van der Waals surface area contributed by atoms with Crippen molar-refractivity contribution < 1.29 is 19.9 Å². The van der Waals surface area contributed by atoms with Crippen molar-refractivity contribution in [3.63, 3.8) is 0 Å². The first-order valence-corrected chi connectivity index (χ1v) is 7.01. The highest BCUT2D eigenvalue weighted by Gasteiger charge is 2.20. The highest BCUT2D eigenvalue weighted by molar-refractivity contribution is 6.45. The number of benzene rings is 2. The molecule has 0 aliphatic rings. The number of aromatic carboxylic acids is 1. The van der Waals surface area contributed by atoms with Gasteiger partial charge in [-0.1, -0.05) is 34.8 Å². The molecule has 0 fully saturated rings. The van der Waals surface area contributed by atoms with E-state index in [-0.39, 0.29) is 32.0 Å². The van der Waals surface area contributed by atoms with Crippen LogP contribution in [0.1, 0.15) is 10.4 Å². The number of nitro benzene ring substituents is 1. The molecule has 0 saturated carbocycles.